The smallest absolute Gasteiger partial charge is 0.274 e. The summed E-state index contributed by atoms with van der Waals surface area (Å²) in [5.74, 6) is 1.45. The van der Waals surface area contributed by atoms with Gasteiger partial charge in [0.2, 0.25) is 0 Å². The number of amides is 1. The normalized spacial score (nSPS) is 16.3. The number of pyridine rings is 1. The number of hydroxylamine groups is 1. The minimum atomic E-state index is -0.324. The summed E-state index contributed by atoms with van der Waals surface area (Å²) in [6, 6.07) is 11.0. The minimum absolute atomic E-state index is 0.306. The van der Waals surface area contributed by atoms with Gasteiger partial charge in [-0.05, 0) is 43.3 Å². The Morgan fingerprint density at radius 2 is 2.19 bits per heavy atom. The Morgan fingerprint density at radius 1 is 1.34 bits per heavy atom. The summed E-state index contributed by atoms with van der Waals surface area (Å²) in [6.45, 7) is 4.92. The zero-order valence-electron chi connectivity index (χ0n) is 18.5. The molecule has 0 bridgehead atoms. The Balaban J connectivity index is 1.57. The van der Waals surface area contributed by atoms with E-state index in [0.717, 1.165) is 47.6 Å². The zero-order valence-corrected chi connectivity index (χ0v) is 18.5. The molecule has 0 saturated carbocycles. The third-order valence-electron chi connectivity index (χ3n) is 5.90. The summed E-state index contributed by atoms with van der Waals surface area (Å²) in [6.07, 6.45) is 2.78. The number of fused-ring (bicyclic) bond motifs is 1. The lowest BCUT2D eigenvalue weighted by Gasteiger charge is -2.41. The number of hydrogen-bond donors (Lipinski definition) is 2. The molecule has 1 atom stereocenters. The van der Waals surface area contributed by atoms with E-state index in [9.17, 15) is 9.59 Å². The number of aromatic amines is 1. The van der Waals surface area contributed by atoms with Gasteiger partial charge >= 0.3 is 0 Å². The van der Waals surface area contributed by atoms with Crippen molar-refractivity contribution >= 4 is 40.4 Å². The third-order valence-corrected chi connectivity index (χ3v) is 5.90. The Hall–Kier alpha value is -3.59. The number of carbonyl (C=O) groups excluding carboxylic acids is 2. The number of nitrogens with one attached hydrogen (secondary N) is 2. The van der Waals surface area contributed by atoms with Gasteiger partial charge in [0.1, 0.15) is 18.1 Å². The van der Waals surface area contributed by atoms with Crippen LogP contribution in [0.15, 0.2) is 42.6 Å². The van der Waals surface area contributed by atoms with Crippen LogP contribution in [0.5, 0.6) is 0 Å². The lowest BCUT2D eigenvalue weighted by atomic mass is 10.1. The van der Waals surface area contributed by atoms with Crippen LogP contribution in [0.2, 0.25) is 0 Å². The van der Waals surface area contributed by atoms with E-state index >= 15 is 0 Å². The van der Waals surface area contributed by atoms with Crippen molar-refractivity contribution < 1.29 is 14.4 Å². The average molecular weight is 437 g/mol. The SMILES string of the molecule is CCN(C)c1cccnc1N1CCN(c2cc3cc(C(=O)NOC)ccc3[nH]2)C(C=O)C1. The van der Waals surface area contributed by atoms with E-state index < -0.39 is 0 Å². The highest BCUT2D eigenvalue weighted by Crippen LogP contribution is 2.30. The topological polar surface area (TPSA) is 93.8 Å². The molecule has 2 aromatic heterocycles. The van der Waals surface area contributed by atoms with Crippen molar-refractivity contribution in [3.8, 4) is 0 Å². The Labute approximate surface area is 186 Å². The van der Waals surface area contributed by atoms with E-state index in [1.54, 1.807) is 18.3 Å². The molecule has 1 saturated heterocycles. The predicted molar refractivity (Wildman–Crippen MR) is 125 cm³/mol. The lowest BCUT2D eigenvalue weighted by molar-refractivity contribution is -0.109. The second kappa shape index (κ2) is 9.27. The molecule has 168 valence electrons. The summed E-state index contributed by atoms with van der Waals surface area (Å²) in [5.41, 5.74) is 4.79. The van der Waals surface area contributed by atoms with Crippen LogP contribution in [-0.2, 0) is 9.63 Å². The molecular weight excluding hydrogens is 408 g/mol. The molecule has 9 nitrogen and oxygen atoms in total. The quantitative estimate of drug-likeness (QED) is 0.433. The van der Waals surface area contributed by atoms with Gasteiger partial charge < -0.3 is 24.5 Å². The number of benzene rings is 1. The number of rotatable bonds is 7. The van der Waals surface area contributed by atoms with Crippen molar-refractivity contribution in [1.29, 1.82) is 0 Å². The average Bonchev–Trinajstić information content (AvgIpc) is 3.26. The lowest BCUT2D eigenvalue weighted by Crippen LogP contribution is -2.54. The van der Waals surface area contributed by atoms with Crippen LogP contribution in [0, 0.1) is 0 Å². The molecular formula is C23H28N6O3. The molecule has 1 aromatic carbocycles. The first kappa shape index (κ1) is 21.6. The molecule has 0 spiro atoms. The second-order valence-electron chi connectivity index (χ2n) is 7.80. The molecule has 1 fully saturated rings. The van der Waals surface area contributed by atoms with Crippen molar-refractivity contribution in [3.63, 3.8) is 0 Å². The van der Waals surface area contributed by atoms with E-state index in [1.165, 1.54) is 7.11 Å². The van der Waals surface area contributed by atoms with Crippen molar-refractivity contribution in [3.05, 3.63) is 48.2 Å². The number of H-pyrrole nitrogens is 1. The fraction of sp³-hybridized carbons (Fsp3) is 0.348. The largest absolute Gasteiger partial charge is 0.372 e. The van der Waals surface area contributed by atoms with Crippen LogP contribution in [0.1, 0.15) is 17.3 Å². The maximum absolute atomic E-state index is 12.0. The van der Waals surface area contributed by atoms with Gasteiger partial charge in [0, 0.05) is 55.9 Å². The molecule has 1 unspecified atom stereocenters. The molecule has 2 N–H and O–H groups in total. The number of nitrogens with zero attached hydrogens (tertiary/aromatic N) is 4. The minimum Gasteiger partial charge on any atom is -0.372 e. The Bertz CT molecular complexity index is 1110. The summed E-state index contributed by atoms with van der Waals surface area (Å²) in [4.78, 5) is 43.2. The van der Waals surface area contributed by atoms with E-state index in [4.69, 9.17) is 4.84 Å². The maximum Gasteiger partial charge on any atom is 0.274 e. The van der Waals surface area contributed by atoms with Crippen molar-refractivity contribution in [2.24, 2.45) is 0 Å². The van der Waals surface area contributed by atoms with Crippen molar-refractivity contribution in [2.75, 3.05) is 55.0 Å². The highest BCUT2D eigenvalue weighted by molar-refractivity contribution is 5.98. The van der Waals surface area contributed by atoms with Crippen LogP contribution < -0.4 is 20.2 Å². The Kier molecular flexibility index (Phi) is 6.27. The molecule has 3 aromatic rings. The number of piperazine rings is 1. The van der Waals surface area contributed by atoms with Crippen molar-refractivity contribution in [1.82, 2.24) is 15.4 Å². The highest BCUT2D eigenvalue weighted by atomic mass is 16.6. The zero-order chi connectivity index (χ0) is 22.7. The van der Waals surface area contributed by atoms with Gasteiger partial charge in [0.15, 0.2) is 5.82 Å². The number of hydrogen-bond acceptors (Lipinski definition) is 7. The van der Waals surface area contributed by atoms with Crippen LogP contribution in [0.25, 0.3) is 10.9 Å². The van der Waals surface area contributed by atoms with E-state index in [0.29, 0.717) is 18.7 Å². The Morgan fingerprint density at radius 3 is 2.94 bits per heavy atom. The van der Waals surface area contributed by atoms with E-state index in [1.807, 2.05) is 25.2 Å². The number of carbonyl (C=O) groups is 2. The van der Waals surface area contributed by atoms with E-state index in [-0.39, 0.29) is 11.9 Å². The molecule has 1 aliphatic rings. The molecule has 4 rings (SSSR count). The van der Waals surface area contributed by atoms with Crippen LogP contribution in [-0.4, -0.2) is 68.5 Å². The first-order chi connectivity index (χ1) is 15.5. The van der Waals surface area contributed by atoms with E-state index in [2.05, 4.69) is 43.1 Å². The molecule has 0 aliphatic carbocycles. The first-order valence-electron chi connectivity index (χ1n) is 10.6. The van der Waals surface area contributed by atoms with Gasteiger partial charge in [-0.25, -0.2) is 10.5 Å². The third kappa shape index (κ3) is 4.11. The first-order valence-corrected chi connectivity index (χ1v) is 10.6. The number of aldehydes is 1. The number of anilines is 3. The van der Waals surface area contributed by atoms with Gasteiger partial charge in [0.05, 0.1) is 12.8 Å². The summed E-state index contributed by atoms with van der Waals surface area (Å²) >= 11 is 0. The van der Waals surface area contributed by atoms with Gasteiger partial charge in [-0.1, -0.05) is 0 Å². The second-order valence-corrected chi connectivity index (χ2v) is 7.80. The molecule has 3 heterocycles. The van der Waals surface area contributed by atoms with Gasteiger partial charge in [-0.15, -0.1) is 0 Å². The van der Waals surface area contributed by atoms with Crippen molar-refractivity contribution in [2.45, 2.75) is 13.0 Å². The van der Waals surface area contributed by atoms with Gasteiger partial charge in [0.25, 0.3) is 5.91 Å². The molecule has 9 heteroatoms. The molecule has 1 aliphatic heterocycles. The molecule has 0 radical (unpaired) electrons. The standard InChI is InChI=1S/C23H28N6O3/c1-4-27(2)20-6-5-9-24-22(20)28-10-11-29(18(14-28)15-30)21-13-17-12-16(23(31)26-32-3)7-8-19(17)25-21/h5-9,12-13,15,18,25H,4,10-11,14H2,1-3H3,(H,26,31). The van der Waals surface area contributed by atoms with Gasteiger partial charge in [-0.3, -0.25) is 9.63 Å². The fourth-order valence-electron chi connectivity index (χ4n) is 4.08. The number of aromatic nitrogens is 2. The summed E-state index contributed by atoms with van der Waals surface area (Å²) < 4.78 is 0. The summed E-state index contributed by atoms with van der Waals surface area (Å²) in [5, 5.41) is 0.896. The highest BCUT2D eigenvalue weighted by Gasteiger charge is 2.30. The molecule has 1 amide bonds. The van der Waals surface area contributed by atoms with Gasteiger partial charge in [-0.2, -0.15) is 0 Å². The van der Waals surface area contributed by atoms with Crippen LogP contribution >= 0.6 is 0 Å². The summed E-state index contributed by atoms with van der Waals surface area (Å²) in [7, 11) is 3.44. The predicted octanol–water partition coefficient (Wildman–Crippen LogP) is 2.20. The molecule has 32 heavy (non-hydrogen) atoms. The van der Waals surface area contributed by atoms with Crippen LogP contribution in [0.3, 0.4) is 0 Å². The monoisotopic (exact) mass is 436 g/mol. The van der Waals surface area contributed by atoms with Crippen LogP contribution in [0.4, 0.5) is 17.3 Å². The maximum atomic E-state index is 12.0. The fourth-order valence-corrected chi connectivity index (χ4v) is 4.08.